The molecule has 0 aromatic heterocycles. The minimum atomic E-state index is -4.95. The van der Waals surface area contributed by atoms with Gasteiger partial charge in [0.1, 0.15) is 19.3 Å². The van der Waals surface area contributed by atoms with Gasteiger partial charge in [0, 0.05) is 25.7 Å². The summed E-state index contributed by atoms with van der Waals surface area (Å²) in [7, 11) is -9.90. The van der Waals surface area contributed by atoms with Gasteiger partial charge in [-0.25, -0.2) is 9.13 Å². The molecular formula is C69H134O17P2. The van der Waals surface area contributed by atoms with E-state index in [0.717, 1.165) is 102 Å². The summed E-state index contributed by atoms with van der Waals surface area (Å²) in [5, 5.41) is 10.6. The highest BCUT2D eigenvalue weighted by Gasteiger charge is 2.30. The predicted molar refractivity (Wildman–Crippen MR) is 354 cm³/mol. The average molecular weight is 1300 g/mol. The molecular weight excluding hydrogens is 1160 g/mol. The second-order valence-electron chi connectivity index (χ2n) is 25.6. The molecule has 0 fully saturated rings. The lowest BCUT2D eigenvalue weighted by Crippen LogP contribution is -2.30. The van der Waals surface area contributed by atoms with E-state index in [4.69, 9.17) is 37.0 Å². The summed E-state index contributed by atoms with van der Waals surface area (Å²) in [4.78, 5) is 72.4. The van der Waals surface area contributed by atoms with Gasteiger partial charge < -0.3 is 33.8 Å². The molecule has 6 atom stereocenters. The summed E-state index contributed by atoms with van der Waals surface area (Å²) < 4.78 is 68.2. The highest BCUT2D eigenvalue weighted by Crippen LogP contribution is 2.45. The van der Waals surface area contributed by atoms with Crippen molar-refractivity contribution < 1.29 is 80.2 Å². The average Bonchev–Trinajstić information content (AvgIpc) is 3.64. The first-order valence-electron chi connectivity index (χ1n) is 36.0. The Bertz CT molecular complexity index is 1720. The third-order valence-corrected chi connectivity index (χ3v) is 18.2. The molecule has 0 radical (unpaired) electrons. The molecule has 3 N–H and O–H groups in total. The first-order valence-corrected chi connectivity index (χ1v) is 39.0. The molecule has 3 unspecified atom stereocenters. The van der Waals surface area contributed by atoms with E-state index in [0.29, 0.717) is 25.7 Å². The zero-order valence-electron chi connectivity index (χ0n) is 57.0. The number of aliphatic hydroxyl groups is 1. The van der Waals surface area contributed by atoms with Crippen LogP contribution in [0.4, 0.5) is 0 Å². The number of unbranched alkanes of at least 4 members (excludes halogenated alkanes) is 37. The fourth-order valence-electron chi connectivity index (χ4n) is 10.4. The van der Waals surface area contributed by atoms with Gasteiger partial charge in [-0.3, -0.25) is 37.3 Å². The van der Waals surface area contributed by atoms with Crippen LogP contribution in [0.25, 0.3) is 0 Å². The van der Waals surface area contributed by atoms with Gasteiger partial charge in [0.15, 0.2) is 12.2 Å². The van der Waals surface area contributed by atoms with Gasteiger partial charge >= 0.3 is 39.5 Å². The molecule has 0 amide bonds. The molecule has 0 aliphatic rings. The van der Waals surface area contributed by atoms with Crippen LogP contribution < -0.4 is 0 Å². The molecule has 0 heterocycles. The number of ether oxygens (including phenoxy) is 4. The van der Waals surface area contributed by atoms with Crippen LogP contribution in [0, 0.1) is 11.8 Å². The van der Waals surface area contributed by atoms with Crippen molar-refractivity contribution in [3.05, 3.63) is 0 Å². The Kier molecular flexibility index (Phi) is 59.9. The van der Waals surface area contributed by atoms with E-state index in [1.165, 1.54) is 167 Å². The van der Waals surface area contributed by atoms with Crippen molar-refractivity contribution in [2.45, 2.75) is 368 Å². The fourth-order valence-corrected chi connectivity index (χ4v) is 12.0. The minimum absolute atomic E-state index is 0.103. The van der Waals surface area contributed by atoms with Crippen molar-refractivity contribution in [2.24, 2.45) is 11.8 Å². The fraction of sp³-hybridized carbons (Fsp3) is 0.942. The number of hydrogen-bond acceptors (Lipinski definition) is 15. The minimum Gasteiger partial charge on any atom is -0.462 e. The van der Waals surface area contributed by atoms with Crippen molar-refractivity contribution in [3.8, 4) is 0 Å². The summed E-state index contributed by atoms with van der Waals surface area (Å²) in [5.74, 6) is -0.650. The molecule has 0 aliphatic carbocycles. The molecule has 0 aliphatic heterocycles. The van der Waals surface area contributed by atoms with Crippen molar-refractivity contribution in [1.82, 2.24) is 0 Å². The van der Waals surface area contributed by atoms with Crippen molar-refractivity contribution in [1.29, 1.82) is 0 Å². The SMILES string of the molecule is CCCCCCCCCCCCCCCCCCC(=O)O[C@H](COC(=O)CCCCCCCCCCCCC(C)C)COP(=O)(O)OC[C@@H](O)COP(=O)(O)OC[C@@H](COC(=O)CCCCCCCCCCC)OC(=O)CCCCCCCCC(C)CC. The summed E-state index contributed by atoms with van der Waals surface area (Å²) in [6, 6.07) is 0. The van der Waals surface area contributed by atoms with Gasteiger partial charge in [0.25, 0.3) is 0 Å². The smallest absolute Gasteiger partial charge is 0.462 e. The second-order valence-corrected chi connectivity index (χ2v) is 28.5. The summed E-state index contributed by atoms with van der Waals surface area (Å²) >= 11 is 0. The van der Waals surface area contributed by atoms with E-state index >= 15 is 0 Å². The highest BCUT2D eigenvalue weighted by atomic mass is 31.2. The lowest BCUT2D eigenvalue weighted by atomic mass is 10.00. The summed E-state index contributed by atoms with van der Waals surface area (Å²) in [6.07, 6.45) is 45.8. The van der Waals surface area contributed by atoms with Crippen molar-refractivity contribution >= 4 is 39.5 Å². The summed E-state index contributed by atoms with van der Waals surface area (Å²) in [6.45, 7) is 9.47. The Morgan fingerprint density at radius 3 is 0.864 bits per heavy atom. The molecule has 0 aromatic carbocycles. The third-order valence-electron chi connectivity index (χ3n) is 16.3. The van der Waals surface area contributed by atoms with E-state index < -0.39 is 97.5 Å². The van der Waals surface area contributed by atoms with Crippen LogP contribution in [0.15, 0.2) is 0 Å². The summed E-state index contributed by atoms with van der Waals surface area (Å²) in [5.41, 5.74) is 0. The molecule has 19 heteroatoms. The zero-order valence-corrected chi connectivity index (χ0v) is 58.8. The molecule has 0 aromatic rings. The zero-order chi connectivity index (χ0) is 65.0. The normalized spacial score (nSPS) is 14.5. The molecule has 0 saturated heterocycles. The van der Waals surface area contributed by atoms with E-state index in [-0.39, 0.29) is 25.7 Å². The Morgan fingerprint density at radius 2 is 0.580 bits per heavy atom. The Balaban J connectivity index is 5.23. The number of rotatable bonds is 68. The number of carbonyl (C=O) groups is 4. The maximum atomic E-state index is 13.0. The first kappa shape index (κ1) is 86.1. The molecule has 0 spiro atoms. The van der Waals surface area contributed by atoms with E-state index in [1.807, 2.05) is 0 Å². The quantitative estimate of drug-likeness (QED) is 0.0222. The molecule has 0 rings (SSSR count). The van der Waals surface area contributed by atoms with Crippen LogP contribution in [-0.2, 0) is 65.4 Å². The number of phosphoric acid groups is 2. The van der Waals surface area contributed by atoms with E-state index in [9.17, 15) is 43.2 Å². The van der Waals surface area contributed by atoms with Crippen LogP contribution in [0.3, 0.4) is 0 Å². The van der Waals surface area contributed by atoms with Crippen LogP contribution >= 0.6 is 15.6 Å². The van der Waals surface area contributed by atoms with Gasteiger partial charge in [-0.15, -0.1) is 0 Å². The molecule has 0 saturated carbocycles. The number of hydrogen-bond donors (Lipinski definition) is 3. The second kappa shape index (κ2) is 61.3. The molecule has 17 nitrogen and oxygen atoms in total. The molecule has 88 heavy (non-hydrogen) atoms. The third kappa shape index (κ3) is 61.6. The monoisotopic (exact) mass is 1300 g/mol. The largest absolute Gasteiger partial charge is 0.472 e. The maximum absolute atomic E-state index is 13.0. The standard InChI is InChI=1S/C69H134O17P2/c1-7-10-12-14-16-18-19-20-21-22-23-24-30-34-41-47-53-68(73)85-64(57-80-67(72)52-46-40-33-29-26-25-28-31-37-43-49-61(4)5)59-83-87(75,76)81-55-63(70)56-82-88(77,78)84-60-65(58-79-66(71)51-45-39-32-27-17-15-13-11-8-2)86-69(74)54-48-42-36-35-38-44-50-62(6)9-3/h61-65,70H,7-60H2,1-6H3,(H,75,76)(H,77,78)/t62?,63-,64-,65-/m1/s1. The van der Waals surface area contributed by atoms with Gasteiger partial charge in [-0.1, -0.05) is 298 Å². The number of esters is 4. The topological polar surface area (TPSA) is 237 Å². The maximum Gasteiger partial charge on any atom is 0.472 e. The number of phosphoric ester groups is 2. The number of aliphatic hydroxyl groups excluding tert-OH is 1. The van der Waals surface area contributed by atoms with Crippen molar-refractivity contribution in [3.63, 3.8) is 0 Å². The lowest BCUT2D eigenvalue weighted by Gasteiger charge is -2.21. The van der Waals surface area contributed by atoms with Crippen LogP contribution in [0.5, 0.6) is 0 Å². The molecule has 522 valence electrons. The van der Waals surface area contributed by atoms with Crippen LogP contribution in [0.1, 0.15) is 350 Å². The van der Waals surface area contributed by atoms with Gasteiger partial charge in [-0.05, 0) is 37.5 Å². The van der Waals surface area contributed by atoms with E-state index in [1.54, 1.807) is 0 Å². The predicted octanol–water partition coefficient (Wildman–Crippen LogP) is 19.6. The van der Waals surface area contributed by atoms with Gasteiger partial charge in [0.05, 0.1) is 26.4 Å². The molecule has 0 bridgehead atoms. The van der Waals surface area contributed by atoms with Crippen LogP contribution in [-0.4, -0.2) is 96.7 Å². The Hall–Kier alpha value is -1.94. The Labute approximate surface area is 537 Å². The Morgan fingerprint density at radius 1 is 0.330 bits per heavy atom. The van der Waals surface area contributed by atoms with E-state index in [2.05, 4.69) is 41.5 Å². The number of carbonyl (C=O) groups excluding carboxylic acids is 4. The van der Waals surface area contributed by atoms with Crippen LogP contribution in [0.2, 0.25) is 0 Å². The first-order chi connectivity index (χ1) is 42.4. The van der Waals surface area contributed by atoms with Gasteiger partial charge in [-0.2, -0.15) is 0 Å². The highest BCUT2D eigenvalue weighted by molar-refractivity contribution is 7.47. The van der Waals surface area contributed by atoms with Gasteiger partial charge in [0.2, 0.25) is 0 Å². The van der Waals surface area contributed by atoms with Crippen molar-refractivity contribution in [2.75, 3.05) is 39.6 Å². The lowest BCUT2D eigenvalue weighted by molar-refractivity contribution is -0.161.